The van der Waals surface area contributed by atoms with Crippen LogP contribution in [-0.2, 0) is 6.54 Å². The summed E-state index contributed by atoms with van der Waals surface area (Å²) in [4.78, 5) is 4.03. The van der Waals surface area contributed by atoms with Crippen LogP contribution < -0.4 is 10.5 Å². The molecule has 0 unspecified atom stereocenters. The van der Waals surface area contributed by atoms with Gasteiger partial charge >= 0.3 is 0 Å². The standard InChI is InChI=1S/C13H13FN2O/c1-17-12-4-11(7-16-8-12)9-2-3-10(6-15)13(14)5-9/h2-5,7-8H,6,15H2,1H3. The molecule has 4 heteroatoms. The van der Waals surface area contributed by atoms with Crippen LogP contribution in [0.3, 0.4) is 0 Å². The fourth-order valence-corrected chi connectivity index (χ4v) is 1.58. The van der Waals surface area contributed by atoms with Gasteiger partial charge in [-0.3, -0.25) is 4.98 Å². The Morgan fingerprint density at radius 3 is 2.71 bits per heavy atom. The smallest absolute Gasteiger partial charge is 0.137 e. The lowest BCUT2D eigenvalue weighted by atomic mass is 10.0. The predicted molar refractivity (Wildman–Crippen MR) is 64.1 cm³/mol. The summed E-state index contributed by atoms with van der Waals surface area (Å²) < 4.78 is 18.7. The van der Waals surface area contributed by atoms with Crippen molar-refractivity contribution >= 4 is 0 Å². The van der Waals surface area contributed by atoms with E-state index >= 15 is 0 Å². The van der Waals surface area contributed by atoms with Crippen molar-refractivity contribution in [1.82, 2.24) is 4.98 Å². The van der Waals surface area contributed by atoms with Gasteiger partial charge in [0.05, 0.1) is 13.3 Å². The Hall–Kier alpha value is -1.94. The Balaban J connectivity index is 2.42. The Kier molecular flexibility index (Phi) is 3.35. The molecule has 1 heterocycles. The average molecular weight is 232 g/mol. The third-order valence-electron chi connectivity index (χ3n) is 2.56. The van der Waals surface area contributed by atoms with Crippen molar-refractivity contribution in [2.75, 3.05) is 7.11 Å². The lowest BCUT2D eigenvalue weighted by molar-refractivity contribution is 0.413. The molecule has 0 aliphatic heterocycles. The summed E-state index contributed by atoms with van der Waals surface area (Å²) in [7, 11) is 1.57. The topological polar surface area (TPSA) is 48.1 Å². The van der Waals surface area contributed by atoms with E-state index < -0.39 is 0 Å². The molecule has 0 amide bonds. The first kappa shape index (κ1) is 11.5. The van der Waals surface area contributed by atoms with Crippen molar-refractivity contribution in [3.63, 3.8) is 0 Å². The summed E-state index contributed by atoms with van der Waals surface area (Å²) in [5.74, 6) is 0.346. The van der Waals surface area contributed by atoms with Gasteiger partial charge in [-0.05, 0) is 17.7 Å². The van der Waals surface area contributed by atoms with E-state index in [0.29, 0.717) is 11.3 Å². The summed E-state index contributed by atoms with van der Waals surface area (Å²) in [5.41, 5.74) is 7.48. The van der Waals surface area contributed by atoms with E-state index in [0.717, 1.165) is 11.1 Å². The van der Waals surface area contributed by atoms with Crippen LogP contribution in [0.4, 0.5) is 4.39 Å². The number of methoxy groups -OCH3 is 1. The fraction of sp³-hybridized carbons (Fsp3) is 0.154. The molecule has 0 saturated heterocycles. The molecule has 2 N–H and O–H groups in total. The van der Waals surface area contributed by atoms with E-state index in [-0.39, 0.29) is 12.4 Å². The van der Waals surface area contributed by atoms with E-state index in [2.05, 4.69) is 4.98 Å². The molecule has 1 aromatic carbocycles. The minimum atomic E-state index is -0.298. The molecule has 3 nitrogen and oxygen atoms in total. The lowest BCUT2D eigenvalue weighted by Gasteiger charge is -2.06. The highest BCUT2D eigenvalue weighted by Crippen LogP contribution is 2.24. The highest BCUT2D eigenvalue weighted by atomic mass is 19.1. The maximum absolute atomic E-state index is 13.6. The maximum atomic E-state index is 13.6. The third kappa shape index (κ3) is 2.42. The SMILES string of the molecule is COc1cncc(-c2ccc(CN)c(F)c2)c1. The number of nitrogens with two attached hydrogens (primary N) is 1. The zero-order chi connectivity index (χ0) is 12.3. The van der Waals surface area contributed by atoms with Gasteiger partial charge in [-0.1, -0.05) is 12.1 Å². The van der Waals surface area contributed by atoms with Gasteiger partial charge in [0, 0.05) is 23.9 Å². The van der Waals surface area contributed by atoms with Crippen LogP contribution in [0.5, 0.6) is 5.75 Å². The monoisotopic (exact) mass is 232 g/mol. The number of hydrogen-bond acceptors (Lipinski definition) is 3. The van der Waals surface area contributed by atoms with Crippen molar-refractivity contribution < 1.29 is 9.13 Å². The summed E-state index contributed by atoms with van der Waals surface area (Å²) in [5, 5.41) is 0. The Morgan fingerprint density at radius 2 is 2.06 bits per heavy atom. The van der Waals surface area contributed by atoms with Crippen LogP contribution >= 0.6 is 0 Å². The number of halogens is 1. The average Bonchev–Trinajstić information content (AvgIpc) is 2.38. The third-order valence-corrected chi connectivity index (χ3v) is 2.56. The summed E-state index contributed by atoms with van der Waals surface area (Å²) >= 11 is 0. The fourth-order valence-electron chi connectivity index (χ4n) is 1.58. The number of ether oxygens (including phenoxy) is 1. The van der Waals surface area contributed by atoms with Crippen molar-refractivity contribution in [2.24, 2.45) is 5.73 Å². The molecule has 88 valence electrons. The zero-order valence-corrected chi connectivity index (χ0v) is 9.48. The summed E-state index contributed by atoms with van der Waals surface area (Å²) in [6.07, 6.45) is 3.27. The minimum absolute atomic E-state index is 0.197. The largest absolute Gasteiger partial charge is 0.495 e. The first-order valence-electron chi connectivity index (χ1n) is 5.22. The van der Waals surface area contributed by atoms with Crippen LogP contribution in [0.25, 0.3) is 11.1 Å². The lowest BCUT2D eigenvalue weighted by Crippen LogP contribution is -1.99. The van der Waals surface area contributed by atoms with Crippen molar-refractivity contribution in [1.29, 1.82) is 0 Å². The molecule has 0 fully saturated rings. The molecule has 1 aromatic heterocycles. The van der Waals surface area contributed by atoms with Gasteiger partial charge < -0.3 is 10.5 Å². The van der Waals surface area contributed by atoms with Crippen LogP contribution in [0, 0.1) is 5.82 Å². The number of pyridine rings is 1. The maximum Gasteiger partial charge on any atom is 0.137 e. The van der Waals surface area contributed by atoms with Crippen molar-refractivity contribution in [2.45, 2.75) is 6.54 Å². The number of benzene rings is 1. The van der Waals surface area contributed by atoms with Crippen LogP contribution in [0.2, 0.25) is 0 Å². The predicted octanol–water partition coefficient (Wildman–Crippen LogP) is 2.36. The Morgan fingerprint density at radius 1 is 1.24 bits per heavy atom. The van der Waals surface area contributed by atoms with Crippen LogP contribution in [-0.4, -0.2) is 12.1 Å². The summed E-state index contributed by atoms with van der Waals surface area (Å²) in [6, 6.07) is 6.77. The van der Waals surface area contributed by atoms with Crippen LogP contribution in [0.15, 0.2) is 36.7 Å². The molecule has 0 aliphatic rings. The molecule has 17 heavy (non-hydrogen) atoms. The van der Waals surface area contributed by atoms with Gasteiger partial charge in [-0.25, -0.2) is 4.39 Å². The highest BCUT2D eigenvalue weighted by Gasteiger charge is 2.05. The van der Waals surface area contributed by atoms with Gasteiger partial charge in [0.1, 0.15) is 11.6 Å². The van der Waals surface area contributed by atoms with Crippen LogP contribution in [0.1, 0.15) is 5.56 Å². The van der Waals surface area contributed by atoms with E-state index in [1.54, 1.807) is 25.6 Å². The number of aromatic nitrogens is 1. The molecule has 0 spiro atoms. The second-order valence-corrected chi connectivity index (χ2v) is 3.62. The molecule has 2 rings (SSSR count). The van der Waals surface area contributed by atoms with Crippen molar-refractivity contribution in [3.8, 4) is 16.9 Å². The molecule has 0 aliphatic carbocycles. The molecule has 0 radical (unpaired) electrons. The second-order valence-electron chi connectivity index (χ2n) is 3.62. The van der Waals surface area contributed by atoms with E-state index in [1.165, 1.54) is 6.07 Å². The van der Waals surface area contributed by atoms with E-state index in [9.17, 15) is 4.39 Å². The Bertz CT molecular complexity index is 529. The number of nitrogens with zero attached hydrogens (tertiary/aromatic N) is 1. The molecular formula is C13H13FN2O. The van der Waals surface area contributed by atoms with Gasteiger partial charge in [0.25, 0.3) is 0 Å². The highest BCUT2D eigenvalue weighted by molar-refractivity contribution is 5.64. The first-order valence-corrected chi connectivity index (χ1v) is 5.22. The van der Waals surface area contributed by atoms with Gasteiger partial charge in [0.2, 0.25) is 0 Å². The van der Waals surface area contributed by atoms with Gasteiger partial charge in [-0.15, -0.1) is 0 Å². The zero-order valence-electron chi connectivity index (χ0n) is 9.48. The van der Waals surface area contributed by atoms with E-state index in [1.807, 2.05) is 12.1 Å². The first-order chi connectivity index (χ1) is 8.24. The van der Waals surface area contributed by atoms with E-state index in [4.69, 9.17) is 10.5 Å². The second kappa shape index (κ2) is 4.93. The molecule has 0 atom stereocenters. The minimum Gasteiger partial charge on any atom is -0.495 e. The molecular weight excluding hydrogens is 219 g/mol. The van der Waals surface area contributed by atoms with Crippen molar-refractivity contribution in [3.05, 3.63) is 48.0 Å². The van der Waals surface area contributed by atoms with Gasteiger partial charge in [0.15, 0.2) is 0 Å². The molecule has 0 bridgehead atoms. The number of hydrogen-bond donors (Lipinski definition) is 1. The summed E-state index contributed by atoms with van der Waals surface area (Å²) in [6.45, 7) is 0.197. The quantitative estimate of drug-likeness (QED) is 0.883. The Labute approximate surface area is 99.1 Å². The normalized spacial score (nSPS) is 10.3. The van der Waals surface area contributed by atoms with Gasteiger partial charge in [-0.2, -0.15) is 0 Å². The molecule has 0 saturated carbocycles. The molecule has 2 aromatic rings. The number of rotatable bonds is 3.